The molecule has 6 heteroatoms. The van der Waals surface area contributed by atoms with Crippen molar-refractivity contribution in [1.29, 1.82) is 0 Å². The van der Waals surface area contributed by atoms with Crippen LogP contribution in [0.25, 0.3) is 0 Å². The predicted octanol–water partition coefficient (Wildman–Crippen LogP) is 3.22. The Morgan fingerprint density at radius 3 is 1.56 bits per heavy atom. The summed E-state index contributed by atoms with van der Waals surface area (Å²) in [6.07, 6.45) is 0. The van der Waals surface area contributed by atoms with Gasteiger partial charge in [0.2, 0.25) is 0 Å². The first kappa shape index (κ1) is 17.0. The van der Waals surface area contributed by atoms with Crippen molar-refractivity contribution in [2.75, 3.05) is 24.7 Å². The van der Waals surface area contributed by atoms with Crippen molar-refractivity contribution in [3.8, 4) is 0 Å². The lowest BCUT2D eigenvalue weighted by atomic mass is 10.3. The van der Waals surface area contributed by atoms with E-state index in [1.165, 1.54) is 0 Å². The molecule has 0 rings (SSSR count). The molecule has 0 aromatic carbocycles. The normalized spacial score (nSPS) is 12.4. The van der Waals surface area contributed by atoms with Crippen LogP contribution < -0.4 is 0 Å². The van der Waals surface area contributed by atoms with Gasteiger partial charge < -0.3 is 9.05 Å². The summed E-state index contributed by atoms with van der Waals surface area (Å²) in [5.74, 6) is 1.43. The molecule has 0 fully saturated rings. The highest BCUT2D eigenvalue weighted by atomic mass is 32.1. The van der Waals surface area contributed by atoms with Gasteiger partial charge in [0.05, 0.1) is 13.2 Å². The molecule has 0 saturated heterocycles. The van der Waals surface area contributed by atoms with Gasteiger partial charge in [-0.3, -0.25) is 0 Å². The maximum atomic E-state index is 5.74. The Labute approximate surface area is 112 Å². The third-order valence-corrected chi connectivity index (χ3v) is 4.31. The average Bonchev–Trinajstić information content (AvgIpc) is 2.20. The molecule has 0 radical (unpaired) electrons. The molecular formula is C10H24NO2PS2. The zero-order valence-electron chi connectivity index (χ0n) is 10.6. The van der Waals surface area contributed by atoms with Crippen molar-refractivity contribution >= 4 is 33.8 Å². The fraction of sp³-hybridized carbons (Fsp3) is 1.00. The van der Waals surface area contributed by atoms with Crippen LogP contribution in [0.4, 0.5) is 0 Å². The molecule has 0 aliphatic rings. The van der Waals surface area contributed by atoms with Gasteiger partial charge in [-0.1, -0.05) is 0 Å². The summed E-state index contributed by atoms with van der Waals surface area (Å²) in [5, 5.41) is 0. The second kappa shape index (κ2) is 9.98. The molecule has 0 spiro atoms. The summed E-state index contributed by atoms with van der Waals surface area (Å²) in [6.45, 7) is 9.87. The first-order chi connectivity index (χ1) is 7.54. The van der Waals surface area contributed by atoms with Crippen molar-refractivity contribution < 1.29 is 9.05 Å². The summed E-state index contributed by atoms with van der Waals surface area (Å²) in [6, 6.07) is 0.817. The zero-order chi connectivity index (χ0) is 12.6. The van der Waals surface area contributed by atoms with Crippen LogP contribution in [0.15, 0.2) is 0 Å². The molecule has 0 bridgehead atoms. The van der Waals surface area contributed by atoms with E-state index in [-0.39, 0.29) is 0 Å². The molecule has 0 unspecified atom stereocenters. The number of rotatable bonds is 9. The minimum Gasteiger partial charge on any atom is -0.321 e. The van der Waals surface area contributed by atoms with Crippen molar-refractivity contribution in [2.24, 2.45) is 0 Å². The van der Waals surface area contributed by atoms with Crippen LogP contribution in [-0.2, 0) is 9.05 Å². The predicted molar refractivity (Wildman–Crippen MR) is 78.6 cm³/mol. The van der Waals surface area contributed by atoms with Gasteiger partial charge in [-0.2, -0.15) is 25.3 Å². The quantitative estimate of drug-likeness (QED) is 0.502. The van der Waals surface area contributed by atoms with Crippen LogP contribution in [0.3, 0.4) is 0 Å². The molecule has 0 aliphatic heterocycles. The lowest BCUT2D eigenvalue weighted by molar-refractivity contribution is 0.187. The highest BCUT2D eigenvalue weighted by molar-refractivity contribution is 7.80. The lowest BCUT2D eigenvalue weighted by Crippen LogP contribution is -2.33. The zero-order valence-corrected chi connectivity index (χ0v) is 13.3. The van der Waals surface area contributed by atoms with Gasteiger partial charge in [-0.25, -0.2) is 4.67 Å². The molecule has 0 heterocycles. The fourth-order valence-electron chi connectivity index (χ4n) is 1.38. The van der Waals surface area contributed by atoms with Crippen LogP contribution in [0, 0.1) is 0 Å². The summed E-state index contributed by atoms with van der Waals surface area (Å²) in [7, 11) is -0.979. The molecule has 0 aromatic heterocycles. The van der Waals surface area contributed by atoms with Crippen LogP contribution in [0.5, 0.6) is 0 Å². The number of nitrogens with zero attached hydrogens (tertiary/aromatic N) is 1. The van der Waals surface area contributed by atoms with E-state index in [1.807, 2.05) is 0 Å². The third kappa shape index (κ3) is 6.67. The largest absolute Gasteiger partial charge is 0.321 e. The van der Waals surface area contributed by atoms with Gasteiger partial charge in [0.15, 0.2) is 0 Å². The van der Waals surface area contributed by atoms with Crippen LogP contribution in [-0.4, -0.2) is 41.5 Å². The highest BCUT2D eigenvalue weighted by Crippen LogP contribution is 2.45. The molecule has 0 saturated carbocycles. The first-order valence-electron chi connectivity index (χ1n) is 5.60. The Bertz CT molecular complexity index is 157. The van der Waals surface area contributed by atoms with Gasteiger partial charge in [0.1, 0.15) is 0 Å². The van der Waals surface area contributed by atoms with E-state index in [9.17, 15) is 0 Å². The van der Waals surface area contributed by atoms with Gasteiger partial charge in [0.25, 0.3) is 8.53 Å². The average molecular weight is 285 g/mol. The maximum absolute atomic E-state index is 5.74. The van der Waals surface area contributed by atoms with Gasteiger partial charge >= 0.3 is 0 Å². The second-order valence-corrected chi connectivity index (χ2v) is 6.27. The lowest BCUT2D eigenvalue weighted by Gasteiger charge is -2.35. The summed E-state index contributed by atoms with van der Waals surface area (Å²) >= 11 is 8.31. The Morgan fingerprint density at radius 1 is 0.938 bits per heavy atom. The van der Waals surface area contributed by atoms with E-state index in [4.69, 9.17) is 9.05 Å². The highest BCUT2D eigenvalue weighted by Gasteiger charge is 2.26. The molecule has 0 aromatic rings. The molecule has 0 amide bonds. The third-order valence-electron chi connectivity index (χ3n) is 1.83. The minimum atomic E-state index is -0.979. The summed E-state index contributed by atoms with van der Waals surface area (Å²) < 4.78 is 13.7. The van der Waals surface area contributed by atoms with Crippen molar-refractivity contribution in [3.05, 3.63) is 0 Å². The maximum Gasteiger partial charge on any atom is 0.259 e. The standard InChI is InChI=1S/C10H24NO2PS2/c1-9(2)11(10(3)4)14(12-5-7-15)13-6-8-16/h9-10,15-16H,5-8H2,1-4H3. The number of hydrogen-bond acceptors (Lipinski definition) is 5. The minimum absolute atomic E-state index is 0.408. The first-order valence-corrected chi connectivity index (χ1v) is 8.00. The fourth-order valence-corrected chi connectivity index (χ4v) is 3.44. The van der Waals surface area contributed by atoms with E-state index in [1.54, 1.807) is 0 Å². The van der Waals surface area contributed by atoms with Gasteiger partial charge in [-0.05, 0) is 27.7 Å². The SMILES string of the molecule is CC(C)N(C(C)C)P(OCCS)OCCS. The van der Waals surface area contributed by atoms with Gasteiger partial charge in [-0.15, -0.1) is 0 Å². The monoisotopic (exact) mass is 285 g/mol. The molecular weight excluding hydrogens is 261 g/mol. The Hall–Kier alpha value is 1.01. The smallest absolute Gasteiger partial charge is 0.259 e. The molecule has 0 N–H and O–H groups in total. The van der Waals surface area contributed by atoms with Crippen molar-refractivity contribution in [1.82, 2.24) is 4.67 Å². The summed E-state index contributed by atoms with van der Waals surface area (Å²) in [5.41, 5.74) is 0. The molecule has 3 nitrogen and oxygen atoms in total. The Balaban J connectivity index is 4.40. The van der Waals surface area contributed by atoms with Crippen molar-refractivity contribution in [2.45, 2.75) is 39.8 Å². The summed E-state index contributed by atoms with van der Waals surface area (Å²) in [4.78, 5) is 0. The molecule has 16 heavy (non-hydrogen) atoms. The molecule has 0 aliphatic carbocycles. The number of hydrogen-bond donors (Lipinski definition) is 2. The second-order valence-electron chi connectivity index (χ2n) is 3.92. The van der Waals surface area contributed by atoms with Crippen LogP contribution in [0.1, 0.15) is 27.7 Å². The topological polar surface area (TPSA) is 21.7 Å². The van der Waals surface area contributed by atoms with E-state index in [0.29, 0.717) is 36.8 Å². The van der Waals surface area contributed by atoms with E-state index < -0.39 is 8.53 Å². The molecule has 0 atom stereocenters. The van der Waals surface area contributed by atoms with Crippen LogP contribution in [0.2, 0.25) is 0 Å². The van der Waals surface area contributed by atoms with E-state index in [2.05, 4.69) is 57.6 Å². The molecule has 98 valence electrons. The van der Waals surface area contributed by atoms with E-state index >= 15 is 0 Å². The Morgan fingerprint density at radius 2 is 1.31 bits per heavy atom. The Kier molecular flexibility index (Phi) is 10.6. The van der Waals surface area contributed by atoms with Crippen molar-refractivity contribution in [3.63, 3.8) is 0 Å². The van der Waals surface area contributed by atoms with E-state index in [0.717, 1.165) is 0 Å². The van der Waals surface area contributed by atoms with Gasteiger partial charge in [0, 0.05) is 23.6 Å². The van der Waals surface area contributed by atoms with Crippen LogP contribution >= 0.6 is 33.8 Å². The number of thiol groups is 2.